The predicted octanol–water partition coefficient (Wildman–Crippen LogP) is 4.06. The fourth-order valence-electron chi connectivity index (χ4n) is 2.44. The molecule has 12 heteroatoms. The number of non-ortho nitro benzene ring substituents is 2. The summed E-state index contributed by atoms with van der Waals surface area (Å²) in [4.78, 5) is 35.6. The maximum Gasteiger partial charge on any atom is 0.297 e. The van der Waals surface area contributed by atoms with Crippen LogP contribution in [0, 0.1) is 20.2 Å². The molecule has 2 aromatic carbocycles. The molecule has 0 aliphatic carbocycles. The minimum absolute atomic E-state index is 0.0741. The van der Waals surface area contributed by atoms with Crippen LogP contribution in [0.2, 0.25) is 0 Å². The largest absolute Gasteiger partial charge is 0.332 e. The Morgan fingerprint density at radius 3 is 1.58 bits per heavy atom. The van der Waals surface area contributed by atoms with Crippen LogP contribution in [-0.2, 0) is 0 Å². The first kappa shape index (κ1) is 16.4. The minimum atomic E-state index is -0.483. The van der Waals surface area contributed by atoms with Gasteiger partial charge in [-0.15, -0.1) is 0 Å². The monoisotopic (exact) mass is 388 g/mol. The molecule has 0 bridgehead atoms. The van der Waals surface area contributed by atoms with E-state index in [1.165, 1.54) is 33.7 Å². The molecule has 0 atom stereocenters. The average molecular weight is 388 g/mol. The molecule has 26 heavy (non-hydrogen) atoms. The first-order valence-corrected chi connectivity index (χ1v) is 9.28. The van der Waals surface area contributed by atoms with Crippen molar-refractivity contribution in [2.24, 2.45) is 0 Å². The number of fused-ring (bicyclic) bond motifs is 2. The maximum atomic E-state index is 11.1. The van der Waals surface area contributed by atoms with Gasteiger partial charge in [-0.2, -0.15) is 0 Å². The molecule has 0 fully saturated rings. The molecule has 4 rings (SSSR count). The van der Waals surface area contributed by atoms with Crippen molar-refractivity contribution in [3.63, 3.8) is 0 Å². The average Bonchev–Trinajstić information content (AvgIpc) is 3.21. The molecule has 2 N–H and O–H groups in total. The lowest BCUT2D eigenvalue weighted by molar-refractivity contribution is -0.383. The van der Waals surface area contributed by atoms with Crippen LogP contribution < -0.4 is 0 Å². The van der Waals surface area contributed by atoms with E-state index in [9.17, 15) is 20.2 Å². The summed E-state index contributed by atoms with van der Waals surface area (Å²) in [5, 5.41) is 23.1. The van der Waals surface area contributed by atoms with Crippen LogP contribution in [0.3, 0.4) is 0 Å². The maximum absolute atomic E-state index is 11.1. The number of hydrogen-bond acceptors (Lipinski definition) is 8. The number of rotatable bonds is 5. The van der Waals surface area contributed by atoms with E-state index in [4.69, 9.17) is 0 Å². The Labute approximate surface area is 152 Å². The number of para-hydroxylation sites is 2. The van der Waals surface area contributed by atoms with Crippen molar-refractivity contribution in [1.82, 2.24) is 19.9 Å². The molecule has 0 saturated carbocycles. The quantitative estimate of drug-likeness (QED) is 0.296. The van der Waals surface area contributed by atoms with E-state index in [1.54, 1.807) is 24.3 Å². The van der Waals surface area contributed by atoms with Gasteiger partial charge < -0.3 is 9.97 Å². The number of nitro groups is 2. The number of nitrogens with one attached hydrogen (secondary N) is 2. The van der Waals surface area contributed by atoms with E-state index < -0.39 is 9.85 Å². The topological polar surface area (TPSA) is 144 Å². The number of hydrogen-bond donors (Lipinski definition) is 2. The van der Waals surface area contributed by atoms with Crippen LogP contribution in [0.25, 0.3) is 22.1 Å². The Hall–Kier alpha value is -3.12. The number of benzene rings is 2. The summed E-state index contributed by atoms with van der Waals surface area (Å²) in [5.74, 6) is 0. The number of aromatic amines is 2. The van der Waals surface area contributed by atoms with Gasteiger partial charge in [-0.3, -0.25) is 20.2 Å². The first-order valence-electron chi connectivity index (χ1n) is 7.13. The SMILES string of the molecule is O=[N+]([O-])c1cccc2[nH]c(SSc3nc4c([N+](=O)[O-])cccc4[nH]3)nc12. The van der Waals surface area contributed by atoms with Gasteiger partial charge in [0, 0.05) is 12.1 Å². The molecule has 0 aliphatic heterocycles. The lowest BCUT2D eigenvalue weighted by atomic mass is 10.3. The van der Waals surface area contributed by atoms with E-state index in [0.717, 1.165) is 0 Å². The highest BCUT2D eigenvalue weighted by molar-refractivity contribution is 8.76. The van der Waals surface area contributed by atoms with E-state index >= 15 is 0 Å². The summed E-state index contributed by atoms with van der Waals surface area (Å²) in [6.45, 7) is 0. The Kier molecular flexibility index (Phi) is 3.97. The second-order valence-corrected chi connectivity index (χ2v) is 7.22. The number of aromatic nitrogens is 4. The number of nitrogens with zero attached hydrogens (tertiary/aromatic N) is 4. The van der Waals surface area contributed by atoms with E-state index in [1.807, 2.05) is 0 Å². The van der Waals surface area contributed by atoms with Gasteiger partial charge in [-0.25, -0.2) is 9.97 Å². The molecule has 130 valence electrons. The molecule has 0 saturated heterocycles. The van der Waals surface area contributed by atoms with Crippen molar-refractivity contribution in [3.8, 4) is 0 Å². The molecular weight excluding hydrogens is 380 g/mol. The van der Waals surface area contributed by atoms with Crippen molar-refractivity contribution < 1.29 is 9.85 Å². The van der Waals surface area contributed by atoms with Crippen molar-refractivity contribution in [2.75, 3.05) is 0 Å². The minimum Gasteiger partial charge on any atom is -0.332 e. The summed E-state index contributed by atoms with van der Waals surface area (Å²) in [7, 11) is 2.43. The third-order valence-corrected chi connectivity index (χ3v) is 5.52. The summed E-state index contributed by atoms with van der Waals surface area (Å²) in [5.41, 5.74) is 1.52. The molecule has 2 heterocycles. The molecule has 0 spiro atoms. The van der Waals surface area contributed by atoms with Crippen LogP contribution >= 0.6 is 21.6 Å². The fraction of sp³-hybridized carbons (Fsp3) is 0. The summed E-state index contributed by atoms with van der Waals surface area (Å²) in [6.07, 6.45) is 0. The highest BCUT2D eigenvalue weighted by Gasteiger charge is 2.18. The lowest BCUT2D eigenvalue weighted by Gasteiger charge is -1.91. The second-order valence-electron chi connectivity index (χ2n) is 5.11. The zero-order valence-corrected chi connectivity index (χ0v) is 14.3. The van der Waals surface area contributed by atoms with Gasteiger partial charge in [0.05, 0.1) is 20.9 Å². The van der Waals surface area contributed by atoms with Crippen molar-refractivity contribution in [3.05, 3.63) is 56.6 Å². The highest BCUT2D eigenvalue weighted by atomic mass is 33.1. The number of nitro benzene ring substituents is 2. The van der Waals surface area contributed by atoms with Gasteiger partial charge in [0.2, 0.25) is 0 Å². The van der Waals surface area contributed by atoms with Gasteiger partial charge in [0.25, 0.3) is 11.4 Å². The van der Waals surface area contributed by atoms with Gasteiger partial charge in [0.15, 0.2) is 21.3 Å². The third-order valence-electron chi connectivity index (χ3n) is 3.53. The molecule has 0 amide bonds. The summed E-state index contributed by atoms with van der Waals surface area (Å²) >= 11 is 0. The Morgan fingerprint density at radius 2 is 1.19 bits per heavy atom. The van der Waals surface area contributed by atoms with E-state index in [0.29, 0.717) is 21.3 Å². The zero-order chi connectivity index (χ0) is 18.3. The molecular formula is C14H8N6O4S2. The predicted molar refractivity (Wildman–Crippen MR) is 97.2 cm³/mol. The van der Waals surface area contributed by atoms with E-state index in [-0.39, 0.29) is 22.4 Å². The van der Waals surface area contributed by atoms with Crippen LogP contribution in [0.1, 0.15) is 0 Å². The molecule has 10 nitrogen and oxygen atoms in total. The lowest BCUT2D eigenvalue weighted by Crippen LogP contribution is -1.88. The summed E-state index contributed by atoms with van der Waals surface area (Å²) in [6, 6.07) is 9.35. The van der Waals surface area contributed by atoms with Crippen molar-refractivity contribution >= 4 is 55.0 Å². The second kappa shape index (κ2) is 6.31. The Morgan fingerprint density at radius 1 is 0.769 bits per heavy atom. The van der Waals surface area contributed by atoms with Crippen LogP contribution in [0.4, 0.5) is 11.4 Å². The number of H-pyrrole nitrogens is 2. The Balaban J connectivity index is 1.61. The summed E-state index contributed by atoms with van der Waals surface area (Å²) < 4.78 is 0. The van der Waals surface area contributed by atoms with Gasteiger partial charge in [-0.1, -0.05) is 12.1 Å². The van der Waals surface area contributed by atoms with E-state index in [2.05, 4.69) is 19.9 Å². The molecule has 2 aromatic heterocycles. The normalized spacial score (nSPS) is 11.2. The van der Waals surface area contributed by atoms with Gasteiger partial charge in [0.1, 0.15) is 0 Å². The zero-order valence-electron chi connectivity index (χ0n) is 12.7. The molecule has 0 unspecified atom stereocenters. The Bertz CT molecular complexity index is 1080. The molecule has 4 aromatic rings. The molecule has 0 aliphatic rings. The highest BCUT2D eigenvalue weighted by Crippen LogP contribution is 2.37. The third kappa shape index (κ3) is 2.84. The van der Waals surface area contributed by atoms with Crippen molar-refractivity contribution in [1.29, 1.82) is 0 Å². The van der Waals surface area contributed by atoms with Gasteiger partial charge >= 0.3 is 0 Å². The van der Waals surface area contributed by atoms with Crippen molar-refractivity contribution in [2.45, 2.75) is 10.3 Å². The smallest absolute Gasteiger partial charge is 0.297 e. The van der Waals surface area contributed by atoms with Crippen LogP contribution in [-0.4, -0.2) is 29.8 Å². The van der Waals surface area contributed by atoms with Gasteiger partial charge in [-0.05, 0) is 33.7 Å². The number of imidazole rings is 2. The molecule has 0 radical (unpaired) electrons. The van der Waals surface area contributed by atoms with Crippen LogP contribution in [0.5, 0.6) is 0 Å². The fourth-order valence-corrected chi connectivity index (χ4v) is 4.11. The standard InChI is InChI=1S/C14H8N6O4S2/c21-19(22)9-5-1-3-7-11(9)17-13(15-7)25-26-14-16-8-4-2-6-10(20(23)24)12(8)18-14/h1-6H,(H,15,17)(H,16,18). The first-order chi connectivity index (χ1) is 12.5. The van der Waals surface area contributed by atoms with Crippen LogP contribution in [0.15, 0.2) is 46.7 Å².